The molecule has 10 heavy (non-hydrogen) atoms. The van der Waals surface area contributed by atoms with E-state index in [0.717, 1.165) is 12.8 Å². The lowest BCUT2D eigenvalue weighted by molar-refractivity contribution is 0.631. The third kappa shape index (κ3) is 4.50. The zero-order chi connectivity index (χ0) is 7.98. The Hall–Kier alpha value is -0.370. The molecule has 0 aromatic heterocycles. The summed E-state index contributed by atoms with van der Waals surface area (Å²) < 4.78 is 0. The maximum absolute atomic E-state index is 5.50. The third-order valence-corrected chi connectivity index (χ3v) is 1.47. The predicted octanol–water partition coefficient (Wildman–Crippen LogP) is 1.59. The normalized spacial score (nSPS) is 14.9. The number of hydrogen-bond donors (Lipinski definition) is 1. The monoisotopic (exact) mass is 142 g/mol. The van der Waals surface area contributed by atoms with Gasteiger partial charge in [0.15, 0.2) is 0 Å². The van der Waals surface area contributed by atoms with E-state index in [4.69, 9.17) is 5.73 Å². The molecule has 0 aromatic carbocycles. The fourth-order valence-corrected chi connectivity index (χ4v) is 0.757. The highest BCUT2D eigenvalue weighted by Crippen LogP contribution is 2.00. The Labute approximate surface area is 63.5 Å². The SMILES string of the molecule is CCC(CC)N=C[C@@H](C)N. The summed E-state index contributed by atoms with van der Waals surface area (Å²) in [6.45, 7) is 6.23. The Morgan fingerprint density at radius 1 is 1.40 bits per heavy atom. The van der Waals surface area contributed by atoms with Crippen LogP contribution in [0.4, 0.5) is 0 Å². The van der Waals surface area contributed by atoms with Gasteiger partial charge in [0.05, 0.1) is 0 Å². The molecule has 2 N–H and O–H groups in total. The highest BCUT2D eigenvalue weighted by molar-refractivity contribution is 5.63. The quantitative estimate of drug-likeness (QED) is 0.595. The Bertz CT molecular complexity index is 93.4. The summed E-state index contributed by atoms with van der Waals surface area (Å²) in [5.74, 6) is 0. The van der Waals surface area contributed by atoms with E-state index in [0.29, 0.717) is 6.04 Å². The lowest BCUT2D eigenvalue weighted by Gasteiger charge is -2.05. The van der Waals surface area contributed by atoms with Crippen molar-refractivity contribution in [2.45, 2.75) is 45.7 Å². The first-order chi connectivity index (χ1) is 4.70. The zero-order valence-corrected chi connectivity index (χ0v) is 7.17. The van der Waals surface area contributed by atoms with Crippen LogP contribution in [0.25, 0.3) is 0 Å². The summed E-state index contributed by atoms with van der Waals surface area (Å²) in [6, 6.07) is 0.576. The van der Waals surface area contributed by atoms with E-state index in [1.54, 1.807) is 0 Å². The van der Waals surface area contributed by atoms with Crippen molar-refractivity contribution in [3.05, 3.63) is 0 Å². The summed E-state index contributed by atoms with van der Waals surface area (Å²) in [4.78, 5) is 4.31. The molecule has 0 spiro atoms. The molecule has 0 unspecified atom stereocenters. The predicted molar refractivity (Wildman–Crippen MR) is 46.5 cm³/mol. The lowest BCUT2D eigenvalue weighted by atomic mass is 10.2. The van der Waals surface area contributed by atoms with Gasteiger partial charge < -0.3 is 5.73 Å². The van der Waals surface area contributed by atoms with Crippen molar-refractivity contribution >= 4 is 6.21 Å². The van der Waals surface area contributed by atoms with Crippen molar-refractivity contribution in [2.24, 2.45) is 10.7 Å². The number of nitrogens with zero attached hydrogens (tertiary/aromatic N) is 1. The van der Waals surface area contributed by atoms with E-state index in [2.05, 4.69) is 18.8 Å². The molecule has 0 bridgehead atoms. The smallest absolute Gasteiger partial charge is 0.0491 e. The van der Waals surface area contributed by atoms with Gasteiger partial charge in [0.2, 0.25) is 0 Å². The van der Waals surface area contributed by atoms with Crippen LogP contribution in [-0.4, -0.2) is 18.3 Å². The van der Waals surface area contributed by atoms with Crippen molar-refractivity contribution in [2.75, 3.05) is 0 Å². The van der Waals surface area contributed by atoms with Crippen molar-refractivity contribution in [1.82, 2.24) is 0 Å². The van der Waals surface area contributed by atoms with Gasteiger partial charge >= 0.3 is 0 Å². The van der Waals surface area contributed by atoms with Gasteiger partial charge in [-0.2, -0.15) is 0 Å². The molecule has 60 valence electrons. The number of hydrogen-bond acceptors (Lipinski definition) is 2. The molecule has 0 fully saturated rings. The molecule has 0 aliphatic carbocycles. The molecular weight excluding hydrogens is 124 g/mol. The summed E-state index contributed by atoms with van der Waals surface area (Å²) in [6.07, 6.45) is 4.05. The number of rotatable bonds is 4. The minimum Gasteiger partial charge on any atom is -0.323 e. The van der Waals surface area contributed by atoms with Crippen LogP contribution in [0.5, 0.6) is 0 Å². The van der Waals surface area contributed by atoms with Crippen molar-refractivity contribution in [1.29, 1.82) is 0 Å². The molecule has 0 saturated carbocycles. The number of nitrogens with two attached hydrogens (primary N) is 1. The summed E-state index contributed by atoms with van der Waals surface area (Å²) in [5.41, 5.74) is 5.50. The molecule has 0 rings (SSSR count). The molecule has 0 amide bonds. The maximum atomic E-state index is 5.50. The van der Waals surface area contributed by atoms with Crippen molar-refractivity contribution in [3.63, 3.8) is 0 Å². The van der Waals surface area contributed by atoms with E-state index in [1.165, 1.54) is 0 Å². The van der Waals surface area contributed by atoms with Gasteiger partial charge in [0, 0.05) is 18.3 Å². The average molecular weight is 142 g/mol. The van der Waals surface area contributed by atoms with Gasteiger partial charge in [0.1, 0.15) is 0 Å². The molecule has 0 aliphatic heterocycles. The van der Waals surface area contributed by atoms with Gasteiger partial charge in [-0.05, 0) is 19.8 Å². The standard InChI is InChI=1S/C8H18N2/c1-4-8(5-2)10-6-7(3)9/h6-8H,4-5,9H2,1-3H3/t7-/m1/s1. The summed E-state index contributed by atoms with van der Waals surface area (Å²) >= 11 is 0. The second kappa shape index (κ2) is 5.42. The van der Waals surface area contributed by atoms with E-state index < -0.39 is 0 Å². The molecular formula is C8H18N2. The topological polar surface area (TPSA) is 38.4 Å². The van der Waals surface area contributed by atoms with Crippen molar-refractivity contribution in [3.8, 4) is 0 Å². The van der Waals surface area contributed by atoms with E-state index in [9.17, 15) is 0 Å². The van der Waals surface area contributed by atoms with Gasteiger partial charge in [-0.3, -0.25) is 4.99 Å². The van der Waals surface area contributed by atoms with Crippen LogP contribution < -0.4 is 5.73 Å². The van der Waals surface area contributed by atoms with Crippen LogP contribution in [0.1, 0.15) is 33.6 Å². The Morgan fingerprint density at radius 2 is 1.90 bits per heavy atom. The highest BCUT2D eigenvalue weighted by atomic mass is 14.8. The molecule has 0 aliphatic rings. The maximum Gasteiger partial charge on any atom is 0.0491 e. The van der Waals surface area contributed by atoms with Crippen molar-refractivity contribution < 1.29 is 0 Å². The van der Waals surface area contributed by atoms with Crippen LogP contribution in [-0.2, 0) is 0 Å². The average Bonchev–Trinajstić information content (AvgIpc) is 1.90. The molecule has 2 heteroatoms. The fourth-order valence-electron chi connectivity index (χ4n) is 0.757. The molecule has 0 heterocycles. The number of aliphatic imine (C=N–C) groups is 1. The van der Waals surface area contributed by atoms with Crippen LogP contribution in [0.3, 0.4) is 0 Å². The Balaban J connectivity index is 3.61. The van der Waals surface area contributed by atoms with E-state index >= 15 is 0 Å². The minimum atomic E-state index is 0.0978. The first-order valence-corrected chi connectivity index (χ1v) is 3.99. The van der Waals surface area contributed by atoms with Crippen LogP contribution in [0.15, 0.2) is 4.99 Å². The van der Waals surface area contributed by atoms with Crippen LogP contribution >= 0.6 is 0 Å². The molecule has 0 saturated heterocycles. The molecule has 2 nitrogen and oxygen atoms in total. The second-order valence-corrected chi connectivity index (χ2v) is 2.63. The lowest BCUT2D eigenvalue weighted by Crippen LogP contribution is -2.17. The molecule has 0 radical (unpaired) electrons. The van der Waals surface area contributed by atoms with Crippen LogP contribution in [0.2, 0.25) is 0 Å². The third-order valence-electron chi connectivity index (χ3n) is 1.47. The van der Waals surface area contributed by atoms with Crippen LogP contribution in [0, 0.1) is 0 Å². The van der Waals surface area contributed by atoms with Gasteiger partial charge in [-0.15, -0.1) is 0 Å². The highest BCUT2D eigenvalue weighted by Gasteiger charge is 1.97. The summed E-state index contributed by atoms with van der Waals surface area (Å²) in [7, 11) is 0. The fraction of sp³-hybridized carbons (Fsp3) is 0.875. The van der Waals surface area contributed by atoms with Gasteiger partial charge in [-0.25, -0.2) is 0 Å². The summed E-state index contributed by atoms with van der Waals surface area (Å²) in [5, 5.41) is 0. The minimum absolute atomic E-state index is 0.0978. The van der Waals surface area contributed by atoms with Gasteiger partial charge in [0.25, 0.3) is 0 Å². The zero-order valence-electron chi connectivity index (χ0n) is 7.17. The first kappa shape index (κ1) is 9.63. The van der Waals surface area contributed by atoms with E-state index in [-0.39, 0.29) is 6.04 Å². The Kier molecular flexibility index (Phi) is 5.22. The molecule has 0 aromatic rings. The van der Waals surface area contributed by atoms with E-state index in [1.807, 2.05) is 13.1 Å². The largest absolute Gasteiger partial charge is 0.323 e. The second-order valence-electron chi connectivity index (χ2n) is 2.63. The Morgan fingerprint density at radius 3 is 2.20 bits per heavy atom. The van der Waals surface area contributed by atoms with Gasteiger partial charge in [-0.1, -0.05) is 13.8 Å². The molecule has 1 atom stereocenters. The first-order valence-electron chi connectivity index (χ1n) is 3.99.